The summed E-state index contributed by atoms with van der Waals surface area (Å²) in [4.78, 5) is 0. The first kappa shape index (κ1) is 10.4. The summed E-state index contributed by atoms with van der Waals surface area (Å²) >= 11 is 3.20. The van der Waals surface area contributed by atoms with E-state index in [1.54, 1.807) is 0 Å². The minimum absolute atomic E-state index is 0.180. The quantitative estimate of drug-likeness (QED) is 0.825. The van der Waals surface area contributed by atoms with Crippen LogP contribution < -0.4 is 4.74 Å². The Bertz CT molecular complexity index is 423. The lowest BCUT2D eigenvalue weighted by atomic mass is 9.96. The first-order chi connectivity index (χ1) is 7.20. The normalized spacial score (nSPS) is 15.5. The molecular weight excluding hydrogens is 261 g/mol. The lowest BCUT2D eigenvalue weighted by molar-refractivity contribution is 0.119. The minimum atomic E-state index is -0.431. The van der Waals surface area contributed by atoms with Gasteiger partial charge in [0.2, 0.25) is 0 Å². The van der Waals surface area contributed by atoms with E-state index in [4.69, 9.17) is 10.00 Å². The van der Waals surface area contributed by atoms with Crippen molar-refractivity contribution in [3.05, 3.63) is 28.0 Å². The maximum atomic E-state index is 13.0. The third-order valence-electron chi connectivity index (χ3n) is 2.47. The average molecular weight is 270 g/mol. The van der Waals surface area contributed by atoms with E-state index in [1.807, 2.05) is 6.07 Å². The number of hydrogen-bond donors (Lipinski definition) is 0. The third-order valence-corrected chi connectivity index (χ3v) is 3.05. The molecule has 15 heavy (non-hydrogen) atoms. The largest absolute Gasteiger partial charge is 0.488 e. The SMILES string of the molecule is N#Cc1cc(F)cc(Br)c1OC1CCC1. The van der Waals surface area contributed by atoms with Gasteiger partial charge >= 0.3 is 0 Å². The molecule has 0 spiro atoms. The zero-order chi connectivity index (χ0) is 10.8. The second-order valence-electron chi connectivity index (χ2n) is 3.55. The molecule has 2 nitrogen and oxygen atoms in total. The highest BCUT2D eigenvalue weighted by Crippen LogP contribution is 2.34. The Balaban J connectivity index is 2.31. The maximum absolute atomic E-state index is 13.0. The average Bonchev–Trinajstić information content (AvgIpc) is 2.12. The summed E-state index contributed by atoms with van der Waals surface area (Å²) < 4.78 is 19.1. The maximum Gasteiger partial charge on any atom is 0.151 e. The topological polar surface area (TPSA) is 33.0 Å². The van der Waals surface area contributed by atoms with Crippen LogP contribution in [0.25, 0.3) is 0 Å². The Morgan fingerprint density at radius 1 is 1.47 bits per heavy atom. The molecule has 1 saturated carbocycles. The first-order valence-corrected chi connectivity index (χ1v) is 5.56. The molecule has 0 radical (unpaired) electrons. The molecule has 1 aliphatic carbocycles. The molecule has 0 aliphatic heterocycles. The Hall–Kier alpha value is -1.08. The first-order valence-electron chi connectivity index (χ1n) is 4.76. The van der Waals surface area contributed by atoms with Crippen molar-refractivity contribution in [2.24, 2.45) is 0 Å². The van der Waals surface area contributed by atoms with Crippen molar-refractivity contribution in [2.75, 3.05) is 0 Å². The smallest absolute Gasteiger partial charge is 0.151 e. The van der Waals surface area contributed by atoms with Crippen LogP contribution in [0.3, 0.4) is 0 Å². The van der Waals surface area contributed by atoms with Gasteiger partial charge in [-0.1, -0.05) is 0 Å². The fraction of sp³-hybridized carbons (Fsp3) is 0.364. The number of nitrogens with zero attached hydrogens (tertiary/aromatic N) is 1. The van der Waals surface area contributed by atoms with E-state index < -0.39 is 5.82 Å². The van der Waals surface area contributed by atoms with Gasteiger partial charge in [0.1, 0.15) is 11.9 Å². The molecule has 1 aromatic carbocycles. The lowest BCUT2D eigenvalue weighted by Crippen LogP contribution is -2.25. The van der Waals surface area contributed by atoms with Crippen LogP contribution in [0.2, 0.25) is 0 Å². The molecule has 0 bridgehead atoms. The molecule has 0 unspecified atom stereocenters. The Kier molecular flexibility index (Phi) is 2.92. The van der Waals surface area contributed by atoms with Gasteiger partial charge in [-0.2, -0.15) is 5.26 Å². The zero-order valence-corrected chi connectivity index (χ0v) is 9.55. The third kappa shape index (κ3) is 2.13. The number of rotatable bonds is 2. The van der Waals surface area contributed by atoms with E-state index in [0.29, 0.717) is 10.2 Å². The van der Waals surface area contributed by atoms with Crippen molar-refractivity contribution < 1.29 is 9.13 Å². The van der Waals surface area contributed by atoms with Crippen molar-refractivity contribution in [3.8, 4) is 11.8 Å². The Morgan fingerprint density at radius 3 is 2.73 bits per heavy atom. The van der Waals surface area contributed by atoms with Gasteiger partial charge in [0.25, 0.3) is 0 Å². The van der Waals surface area contributed by atoms with Crippen LogP contribution in [0.4, 0.5) is 4.39 Å². The van der Waals surface area contributed by atoms with Crippen LogP contribution >= 0.6 is 15.9 Å². The second-order valence-corrected chi connectivity index (χ2v) is 4.40. The summed E-state index contributed by atoms with van der Waals surface area (Å²) in [5.74, 6) is 0.0305. The summed E-state index contributed by atoms with van der Waals surface area (Å²) in [5.41, 5.74) is 0.244. The van der Waals surface area contributed by atoms with Crippen molar-refractivity contribution >= 4 is 15.9 Å². The van der Waals surface area contributed by atoms with Crippen molar-refractivity contribution in [1.82, 2.24) is 0 Å². The van der Waals surface area contributed by atoms with Gasteiger partial charge in [0.05, 0.1) is 16.1 Å². The molecule has 1 aliphatic rings. The summed E-state index contributed by atoms with van der Waals surface area (Å²) in [6, 6.07) is 4.44. The number of nitriles is 1. The van der Waals surface area contributed by atoms with E-state index in [1.165, 1.54) is 12.1 Å². The van der Waals surface area contributed by atoms with Gasteiger partial charge < -0.3 is 4.74 Å². The predicted octanol–water partition coefficient (Wildman–Crippen LogP) is 3.39. The fourth-order valence-electron chi connectivity index (χ4n) is 1.42. The van der Waals surface area contributed by atoms with E-state index >= 15 is 0 Å². The Morgan fingerprint density at radius 2 is 2.20 bits per heavy atom. The van der Waals surface area contributed by atoms with Gasteiger partial charge in [0, 0.05) is 0 Å². The van der Waals surface area contributed by atoms with Gasteiger partial charge in [-0.25, -0.2) is 4.39 Å². The van der Waals surface area contributed by atoms with Crippen LogP contribution in [0, 0.1) is 17.1 Å². The standard InChI is InChI=1S/C11H9BrFNO/c12-10-5-8(13)4-7(6-14)11(10)15-9-2-1-3-9/h4-5,9H,1-3H2. The molecule has 0 amide bonds. The molecule has 2 rings (SSSR count). The highest BCUT2D eigenvalue weighted by Gasteiger charge is 2.22. The highest BCUT2D eigenvalue weighted by atomic mass is 79.9. The van der Waals surface area contributed by atoms with E-state index in [0.717, 1.165) is 19.3 Å². The zero-order valence-electron chi connectivity index (χ0n) is 7.96. The minimum Gasteiger partial charge on any atom is -0.488 e. The molecule has 4 heteroatoms. The number of halogens is 2. The molecule has 0 aromatic heterocycles. The van der Waals surface area contributed by atoms with E-state index in [9.17, 15) is 4.39 Å². The molecule has 0 heterocycles. The van der Waals surface area contributed by atoms with Gasteiger partial charge in [0.15, 0.2) is 5.75 Å². The van der Waals surface area contributed by atoms with Gasteiger partial charge in [-0.15, -0.1) is 0 Å². The summed E-state index contributed by atoms with van der Waals surface area (Å²) in [7, 11) is 0. The molecule has 1 fully saturated rings. The van der Waals surface area contributed by atoms with E-state index in [2.05, 4.69) is 15.9 Å². The van der Waals surface area contributed by atoms with Gasteiger partial charge in [-0.05, 0) is 47.3 Å². The predicted molar refractivity (Wildman–Crippen MR) is 57.1 cm³/mol. The number of benzene rings is 1. The van der Waals surface area contributed by atoms with Crippen molar-refractivity contribution in [1.29, 1.82) is 5.26 Å². The van der Waals surface area contributed by atoms with Crippen LogP contribution in [0.5, 0.6) is 5.75 Å². The second kappa shape index (κ2) is 4.19. The van der Waals surface area contributed by atoms with Crippen LogP contribution in [-0.2, 0) is 0 Å². The van der Waals surface area contributed by atoms with Crippen molar-refractivity contribution in [2.45, 2.75) is 25.4 Å². The lowest BCUT2D eigenvalue weighted by Gasteiger charge is -2.27. The Labute approximate surface area is 95.8 Å². The van der Waals surface area contributed by atoms with E-state index in [-0.39, 0.29) is 11.7 Å². The molecule has 78 valence electrons. The molecule has 0 N–H and O–H groups in total. The highest BCUT2D eigenvalue weighted by molar-refractivity contribution is 9.10. The van der Waals surface area contributed by atoms with Crippen LogP contribution in [0.1, 0.15) is 24.8 Å². The molecule has 0 saturated heterocycles. The van der Waals surface area contributed by atoms with Crippen LogP contribution in [0.15, 0.2) is 16.6 Å². The van der Waals surface area contributed by atoms with Gasteiger partial charge in [-0.3, -0.25) is 0 Å². The van der Waals surface area contributed by atoms with Crippen LogP contribution in [-0.4, -0.2) is 6.10 Å². The molecule has 0 atom stereocenters. The molecular formula is C11H9BrFNO. The molecule has 1 aromatic rings. The summed E-state index contributed by atoms with van der Waals surface area (Å²) in [6.45, 7) is 0. The number of hydrogen-bond acceptors (Lipinski definition) is 2. The summed E-state index contributed by atoms with van der Waals surface area (Å²) in [6.07, 6.45) is 3.35. The number of ether oxygens (including phenoxy) is 1. The van der Waals surface area contributed by atoms with Crippen molar-refractivity contribution in [3.63, 3.8) is 0 Å². The monoisotopic (exact) mass is 269 g/mol. The fourth-order valence-corrected chi connectivity index (χ4v) is 1.94. The summed E-state index contributed by atoms with van der Waals surface area (Å²) in [5, 5.41) is 8.85.